The predicted molar refractivity (Wildman–Crippen MR) is 171 cm³/mol. The van der Waals surface area contributed by atoms with Gasteiger partial charge in [0.15, 0.2) is 0 Å². The summed E-state index contributed by atoms with van der Waals surface area (Å²) in [7, 11) is -3.65. The van der Waals surface area contributed by atoms with Crippen molar-refractivity contribution in [1.82, 2.24) is 10.2 Å². The van der Waals surface area contributed by atoms with Crippen molar-refractivity contribution in [2.75, 3.05) is 17.1 Å². The first-order valence-electron chi connectivity index (χ1n) is 13.8. The van der Waals surface area contributed by atoms with Crippen molar-refractivity contribution in [2.24, 2.45) is 0 Å². The number of hydrogen-bond donors (Lipinski definition) is 1. The van der Waals surface area contributed by atoms with Crippen molar-refractivity contribution in [3.63, 3.8) is 0 Å². The summed E-state index contributed by atoms with van der Waals surface area (Å²) in [5.41, 5.74) is 2.32. The van der Waals surface area contributed by atoms with Crippen LogP contribution in [0, 0.1) is 6.92 Å². The van der Waals surface area contributed by atoms with Crippen LogP contribution in [-0.4, -0.2) is 49.5 Å². The van der Waals surface area contributed by atoms with Gasteiger partial charge in [-0.25, -0.2) is 8.42 Å². The van der Waals surface area contributed by atoms with Gasteiger partial charge in [0.25, 0.3) is 0 Å². The van der Waals surface area contributed by atoms with Gasteiger partial charge in [0.05, 0.1) is 11.9 Å². The second kappa shape index (κ2) is 14.4. The Hall–Kier alpha value is -3.07. The molecule has 0 saturated heterocycles. The fourth-order valence-electron chi connectivity index (χ4n) is 4.65. The van der Waals surface area contributed by atoms with Crippen molar-refractivity contribution in [1.29, 1.82) is 0 Å². The molecule has 1 atom stereocenters. The van der Waals surface area contributed by atoms with E-state index in [1.54, 1.807) is 29.2 Å². The summed E-state index contributed by atoms with van der Waals surface area (Å²) in [4.78, 5) is 29.2. The number of sulfonamides is 1. The minimum atomic E-state index is -3.65. The van der Waals surface area contributed by atoms with Crippen molar-refractivity contribution in [2.45, 2.75) is 65.1 Å². The number of carbonyl (C=O) groups excluding carboxylic acids is 2. The molecule has 1 N–H and O–H groups in total. The van der Waals surface area contributed by atoms with E-state index in [-0.39, 0.29) is 37.7 Å². The highest BCUT2D eigenvalue weighted by molar-refractivity contribution is 7.92. The number of benzene rings is 3. The molecule has 0 fully saturated rings. The van der Waals surface area contributed by atoms with Crippen molar-refractivity contribution < 1.29 is 18.0 Å². The predicted octanol–water partition coefficient (Wildman–Crippen LogP) is 6.40. The number of nitrogens with zero attached hydrogens (tertiary/aromatic N) is 2. The maximum Gasteiger partial charge on any atom is 0.243 e. The first kappa shape index (κ1) is 33.4. The molecule has 0 aliphatic heterocycles. The van der Waals surface area contributed by atoms with Gasteiger partial charge in [-0.05, 0) is 69.0 Å². The molecule has 0 spiro atoms. The first-order chi connectivity index (χ1) is 19.7. The van der Waals surface area contributed by atoms with Gasteiger partial charge in [0.2, 0.25) is 21.8 Å². The van der Waals surface area contributed by atoms with Crippen LogP contribution in [0.2, 0.25) is 10.0 Å². The zero-order chi connectivity index (χ0) is 31.1. The topological polar surface area (TPSA) is 86.8 Å². The lowest BCUT2D eigenvalue weighted by Crippen LogP contribution is -2.54. The van der Waals surface area contributed by atoms with E-state index in [1.165, 1.54) is 4.31 Å². The SMILES string of the molecule is Cc1ccc(Cl)cc1N(CCCC(=O)N(Cc1ccccc1Cl)C(Cc1ccccc1)C(=O)NC(C)(C)C)S(C)(=O)=O. The number of anilines is 1. The second-order valence-corrected chi connectivity index (χ2v) is 14.2. The number of carbonyl (C=O) groups is 2. The summed E-state index contributed by atoms with van der Waals surface area (Å²) < 4.78 is 26.7. The largest absolute Gasteiger partial charge is 0.350 e. The number of amides is 2. The van der Waals surface area contributed by atoms with Gasteiger partial charge < -0.3 is 10.2 Å². The van der Waals surface area contributed by atoms with Crippen molar-refractivity contribution >= 4 is 50.7 Å². The highest BCUT2D eigenvalue weighted by Gasteiger charge is 2.32. The van der Waals surface area contributed by atoms with Gasteiger partial charge >= 0.3 is 0 Å². The summed E-state index contributed by atoms with van der Waals surface area (Å²) in [6.45, 7) is 7.68. The molecule has 0 aromatic heterocycles. The number of aryl methyl sites for hydroxylation is 1. The third-order valence-corrected chi connectivity index (χ3v) is 8.44. The average molecular weight is 633 g/mol. The summed E-state index contributed by atoms with van der Waals surface area (Å²) in [6, 6.07) is 21.0. The maximum atomic E-state index is 14.0. The Morgan fingerprint density at radius 1 is 0.952 bits per heavy atom. The molecule has 0 radical (unpaired) electrons. The van der Waals surface area contributed by atoms with E-state index < -0.39 is 21.6 Å². The molecule has 2 amide bonds. The first-order valence-corrected chi connectivity index (χ1v) is 16.4. The Bertz CT molecular complexity index is 1490. The Labute approximate surface area is 259 Å². The molecule has 226 valence electrons. The van der Waals surface area contributed by atoms with Crippen LogP contribution in [-0.2, 0) is 32.6 Å². The molecule has 1 unspecified atom stereocenters. The van der Waals surface area contributed by atoms with E-state index in [0.717, 1.165) is 17.4 Å². The van der Waals surface area contributed by atoms with Gasteiger partial charge in [-0.1, -0.05) is 77.8 Å². The molecular formula is C32H39Cl2N3O4S. The zero-order valence-electron chi connectivity index (χ0n) is 24.7. The third-order valence-electron chi connectivity index (χ3n) is 6.66. The Kier molecular flexibility index (Phi) is 11.5. The van der Waals surface area contributed by atoms with Crippen molar-refractivity contribution in [3.8, 4) is 0 Å². The summed E-state index contributed by atoms with van der Waals surface area (Å²) in [5, 5.41) is 3.94. The van der Waals surface area contributed by atoms with E-state index >= 15 is 0 Å². The highest BCUT2D eigenvalue weighted by atomic mass is 35.5. The van der Waals surface area contributed by atoms with Crippen LogP contribution in [0.15, 0.2) is 72.8 Å². The molecule has 0 heterocycles. The van der Waals surface area contributed by atoms with Crippen LogP contribution in [0.5, 0.6) is 0 Å². The second-order valence-electron chi connectivity index (χ2n) is 11.4. The lowest BCUT2D eigenvalue weighted by Gasteiger charge is -2.34. The lowest BCUT2D eigenvalue weighted by molar-refractivity contribution is -0.142. The van der Waals surface area contributed by atoms with E-state index in [4.69, 9.17) is 23.2 Å². The normalized spacial score (nSPS) is 12.5. The van der Waals surface area contributed by atoms with Crippen LogP contribution in [0.25, 0.3) is 0 Å². The minimum absolute atomic E-state index is 0.0180. The minimum Gasteiger partial charge on any atom is -0.350 e. The van der Waals surface area contributed by atoms with E-state index in [1.807, 2.05) is 76.2 Å². The lowest BCUT2D eigenvalue weighted by atomic mass is 10.00. The van der Waals surface area contributed by atoms with Crippen LogP contribution < -0.4 is 9.62 Å². The molecule has 42 heavy (non-hydrogen) atoms. The smallest absolute Gasteiger partial charge is 0.243 e. The fraction of sp³-hybridized carbons (Fsp3) is 0.375. The van der Waals surface area contributed by atoms with Gasteiger partial charge in [0.1, 0.15) is 6.04 Å². The third kappa shape index (κ3) is 9.75. The maximum absolute atomic E-state index is 14.0. The van der Waals surface area contributed by atoms with Gasteiger partial charge in [-0.2, -0.15) is 0 Å². The number of rotatable bonds is 12. The fourth-order valence-corrected chi connectivity index (χ4v) is 6.03. The molecule has 0 aliphatic rings. The van der Waals surface area contributed by atoms with Crippen LogP contribution in [0.1, 0.15) is 50.3 Å². The summed E-state index contributed by atoms with van der Waals surface area (Å²) in [6.07, 6.45) is 1.68. The monoisotopic (exact) mass is 631 g/mol. The van der Waals surface area contributed by atoms with Crippen LogP contribution >= 0.6 is 23.2 Å². The van der Waals surface area contributed by atoms with Gasteiger partial charge in [0, 0.05) is 41.5 Å². The van der Waals surface area contributed by atoms with E-state index in [0.29, 0.717) is 27.7 Å². The quantitative estimate of drug-likeness (QED) is 0.250. The molecule has 7 nitrogen and oxygen atoms in total. The Balaban J connectivity index is 1.93. The zero-order valence-corrected chi connectivity index (χ0v) is 27.1. The van der Waals surface area contributed by atoms with Gasteiger partial charge in [-0.15, -0.1) is 0 Å². The summed E-state index contributed by atoms with van der Waals surface area (Å²) in [5.74, 6) is -0.560. The standard InChI is InChI=1S/C32H39Cl2N3O4S/c1-23-17-18-26(33)21-28(23)37(42(5,40)41)19-11-16-30(38)36(22-25-14-9-10-15-27(25)34)29(31(39)35-32(2,3)4)20-24-12-7-6-8-13-24/h6-10,12-15,17-18,21,29H,11,16,19-20,22H2,1-5H3,(H,35,39). The van der Waals surface area contributed by atoms with E-state index in [2.05, 4.69) is 5.32 Å². The summed E-state index contributed by atoms with van der Waals surface area (Å²) >= 11 is 12.7. The van der Waals surface area contributed by atoms with Crippen molar-refractivity contribution in [3.05, 3.63) is 99.5 Å². The number of nitrogens with one attached hydrogen (secondary N) is 1. The molecule has 3 aromatic carbocycles. The molecule has 0 saturated carbocycles. The Morgan fingerprint density at radius 3 is 2.21 bits per heavy atom. The molecule has 0 bridgehead atoms. The molecular weight excluding hydrogens is 593 g/mol. The molecule has 0 aliphatic carbocycles. The molecule has 3 aromatic rings. The van der Waals surface area contributed by atoms with Crippen LogP contribution in [0.3, 0.4) is 0 Å². The Morgan fingerprint density at radius 2 is 1.60 bits per heavy atom. The molecule has 10 heteroatoms. The highest BCUT2D eigenvalue weighted by Crippen LogP contribution is 2.27. The van der Waals surface area contributed by atoms with Gasteiger partial charge in [-0.3, -0.25) is 13.9 Å². The van der Waals surface area contributed by atoms with Crippen LogP contribution in [0.4, 0.5) is 5.69 Å². The molecule has 3 rings (SSSR count). The number of halogens is 2. The van der Waals surface area contributed by atoms with E-state index in [9.17, 15) is 18.0 Å². The average Bonchev–Trinajstić information content (AvgIpc) is 2.90. The number of hydrogen-bond acceptors (Lipinski definition) is 4.